The van der Waals surface area contributed by atoms with Crippen LogP contribution in [0.3, 0.4) is 0 Å². The molecule has 1 aliphatic heterocycles. The lowest BCUT2D eigenvalue weighted by Gasteiger charge is -2.24. The summed E-state index contributed by atoms with van der Waals surface area (Å²) in [5.74, 6) is 0. The molecule has 0 aliphatic carbocycles. The molecule has 0 bridgehead atoms. The molecule has 0 radical (unpaired) electrons. The van der Waals surface area contributed by atoms with E-state index in [1.807, 2.05) is 17.7 Å². The van der Waals surface area contributed by atoms with E-state index in [0.29, 0.717) is 11.4 Å². The van der Waals surface area contributed by atoms with Crippen molar-refractivity contribution in [1.29, 1.82) is 0 Å². The van der Waals surface area contributed by atoms with Gasteiger partial charge in [-0.1, -0.05) is 15.9 Å². The zero-order chi connectivity index (χ0) is 15.7. The Labute approximate surface area is 139 Å². The first-order chi connectivity index (χ1) is 10.5. The van der Waals surface area contributed by atoms with E-state index >= 15 is 0 Å². The molecule has 0 saturated carbocycles. The van der Waals surface area contributed by atoms with Gasteiger partial charge >= 0.3 is 0 Å². The number of hydrogen-bond acceptors (Lipinski definition) is 3. The Bertz CT molecular complexity index is 755. The Balaban J connectivity index is 1.97. The molecule has 1 fully saturated rings. The van der Waals surface area contributed by atoms with E-state index in [1.54, 1.807) is 34.8 Å². The highest BCUT2D eigenvalue weighted by atomic mass is 79.9. The van der Waals surface area contributed by atoms with E-state index in [0.717, 1.165) is 29.6 Å². The molecule has 118 valence electrons. The molecule has 0 N–H and O–H groups in total. The minimum Gasteiger partial charge on any atom is -0.268 e. The maximum atomic E-state index is 12.9. The van der Waals surface area contributed by atoms with Gasteiger partial charge in [0.1, 0.15) is 0 Å². The summed E-state index contributed by atoms with van der Waals surface area (Å²) in [6.07, 6.45) is 3.44. The molecule has 2 heterocycles. The Morgan fingerprint density at radius 3 is 2.68 bits per heavy atom. The molecule has 0 spiro atoms. The number of rotatable bonds is 4. The first-order valence-electron chi connectivity index (χ1n) is 7.33. The molecular weight excluding hydrogens is 366 g/mol. The van der Waals surface area contributed by atoms with E-state index in [9.17, 15) is 8.42 Å². The topological polar surface area (TPSA) is 55.2 Å². The number of hydrogen-bond donors (Lipinski definition) is 0. The SMILES string of the molecule is CCn1nccc1[C@H]1CCCN1S(=O)(=O)c1ccc(Br)cc1. The Morgan fingerprint density at radius 2 is 2.00 bits per heavy atom. The molecule has 1 aliphatic rings. The van der Waals surface area contributed by atoms with Crippen molar-refractivity contribution in [2.75, 3.05) is 6.54 Å². The molecular formula is C15H18BrN3O2S. The Morgan fingerprint density at radius 1 is 1.27 bits per heavy atom. The van der Waals surface area contributed by atoms with Crippen molar-refractivity contribution in [3.05, 3.63) is 46.7 Å². The van der Waals surface area contributed by atoms with E-state index in [4.69, 9.17) is 0 Å². The summed E-state index contributed by atoms with van der Waals surface area (Å²) in [5.41, 5.74) is 0.973. The first-order valence-corrected chi connectivity index (χ1v) is 9.56. The van der Waals surface area contributed by atoms with E-state index < -0.39 is 10.0 Å². The van der Waals surface area contributed by atoms with Gasteiger partial charge in [-0.05, 0) is 50.1 Å². The average molecular weight is 384 g/mol. The number of halogens is 1. The quantitative estimate of drug-likeness (QED) is 0.814. The van der Waals surface area contributed by atoms with Gasteiger partial charge in [0.25, 0.3) is 0 Å². The van der Waals surface area contributed by atoms with Gasteiger partial charge in [-0.3, -0.25) is 4.68 Å². The van der Waals surface area contributed by atoms with Crippen molar-refractivity contribution in [3.63, 3.8) is 0 Å². The maximum absolute atomic E-state index is 12.9. The molecule has 1 saturated heterocycles. The van der Waals surface area contributed by atoms with Crippen LogP contribution in [-0.4, -0.2) is 29.0 Å². The third-order valence-electron chi connectivity index (χ3n) is 4.01. The van der Waals surface area contributed by atoms with Crippen molar-refractivity contribution in [2.45, 2.75) is 37.2 Å². The Hall–Kier alpha value is -1.18. The molecule has 22 heavy (non-hydrogen) atoms. The number of aryl methyl sites for hydroxylation is 1. The fourth-order valence-corrected chi connectivity index (χ4v) is 4.89. The predicted octanol–water partition coefficient (Wildman–Crippen LogP) is 3.19. The van der Waals surface area contributed by atoms with Gasteiger partial charge in [-0.15, -0.1) is 0 Å². The summed E-state index contributed by atoms with van der Waals surface area (Å²) in [5, 5.41) is 4.27. The van der Waals surface area contributed by atoms with Crippen LogP contribution in [0.1, 0.15) is 31.5 Å². The molecule has 7 heteroatoms. The van der Waals surface area contributed by atoms with Gasteiger partial charge in [0.05, 0.1) is 16.6 Å². The van der Waals surface area contributed by atoms with Gasteiger partial charge in [0, 0.05) is 23.8 Å². The molecule has 0 amide bonds. The fraction of sp³-hybridized carbons (Fsp3) is 0.400. The molecule has 3 rings (SSSR count). The average Bonchev–Trinajstić information content (AvgIpc) is 3.16. The van der Waals surface area contributed by atoms with E-state index in [-0.39, 0.29) is 6.04 Å². The van der Waals surface area contributed by atoms with Crippen LogP contribution in [0.4, 0.5) is 0 Å². The van der Waals surface area contributed by atoms with E-state index in [1.165, 1.54) is 0 Å². The summed E-state index contributed by atoms with van der Waals surface area (Å²) < 4.78 is 30.2. The molecule has 1 atom stereocenters. The lowest BCUT2D eigenvalue weighted by atomic mass is 10.1. The van der Waals surface area contributed by atoms with Crippen LogP contribution in [0.2, 0.25) is 0 Å². The second-order valence-corrected chi connectivity index (χ2v) is 8.11. The minimum atomic E-state index is -3.48. The zero-order valence-electron chi connectivity index (χ0n) is 12.3. The maximum Gasteiger partial charge on any atom is 0.243 e. The van der Waals surface area contributed by atoms with Crippen molar-refractivity contribution < 1.29 is 8.42 Å². The second-order valence-electron chi connectivity index (χ2n) is 5.30. The van der Waals surface area contributed by atoms with Crippen LogP contribution in [-0.2, 0) is 16.6 Å². The third kappa shape index (κ3) is 2.73. The molecule has 5 nitrogen and oxygen atoms in total. The summed E-state index contributed by atoms with van der Waals surface area (Å²) in [6.45, 7) is 3.31. The summed E-state index contributed by atoms with van der Waals surface area (Å²) >= 11 is 3.34. The number of benzene rings is 1. The highest BCUT2D eigenvalue weighted by molar-refractivity contribution is 9.10. The second kappa shape index (κ2) is 6.14. The van der Waals surface area contributed by atoms with Crippen molar-refractivity contribution in [2.24, 2.45) is 0 Å². The van der Waals surface area contributed by atoms with Crippen LogP contribution in [0, 0.1) is 0 Å². The van der Waals surface area contributed by atoms with Crippen molar-refractivity contribution >= 4 is 26.0 Å². The van der Waals surface area contributed by atoms with E-state index in [2.05, 4.69) is 21.0 Å². The third-order valence-corrected chi connectivity index (χ3v) is 6.47. The summed E-state index contributed by atoms with van der Waals surface area (Å²) in [7, 11) is -3.48. The lowest BCUT2D eigenvalue weighted by molar-refractivity contribution is 0.376. The summed E-state index contributed by atoms with van der Waals surface area (Å²) in [4.78, 5) is 0.338. The standard InChI is InChI=1S/C15H18BrN3O2S/c1-2-18-14(9-10-17-18)15-4-3-11-19(15)22(20,21)13-7-5-12(16)6-8-13/h5-10,15H,2-4,11H2,1H3/t15-/m1/s1. The largest absolute Gasteiger partial charge is 0.268 e. The van der Waals surface area contributed by atoms with Crippen LogP contribution in [0.5, 0.6) is 0 Å². The normalized spacial score (nSPS) is 19.6. The van der Waals surface area contributed by atoms with Crippen LogP contribution >= 0.6 is 15.9 Å². The first kappa shape index (κ1) is 15.7. The molecule has 1 aromatic carbocycles. The Kier molecular flexibility index (Phi) is 4.38. The van der Waals surface area contributed by atoms with Gasteiger partial charge < -0.3 is 0 Å². The summed E-state index contributed by atoms with van der Waals surface area (Å²) in [6, 6.07) is 8.60. The number of aromatic nitrogens is 2. The number of nitrogens with zero attached hydrogens (tertiary/aromatic N) is 3. The fourth-order valence-electron chi connectivity index (χ4n) is 2.96. The van der Waals surface area contributed by atoms with Gasteiger partial charge in [-0.2, -0.15) is 9.40 Å². The van der Waals surface area contributed by atoms with Crippen LogP contribution in [0.25, 0.3) is 0 Å². The van der Waals surface area contributed by atoms with Gasteiger partial charge in [-0.25, -0.2) is 8.42 Å². The highest BCUT2D eigenvalue weighted by Crippen LogP contribution is 2.36. The highest BCUT2D eigenvalue weighted by Gasteiger charge is 2.37. The monoisotopic (exact) mass is 383 g/mol. The van der Waals surface area contributed by atoms with Crippen LogP contribution < -0.4 is 0 Å². The van der Waals surface area contributed by atoms with Crippen molar-refractivity contribution in [1.82, 2.24) is 14.1 Å². The minimum absolute atomic E-state index is 0.129. The van der Waals surface area contributed by atoms with Gasteiger partial charge in [0.2, 0.25) is 10.0 Å². The zero-order valence-corrected chi connectivity index (χ0v) is 14.7. The number of sulfonamides is 1. The lowest BCUT2D eigenvalue weighted by Crippen LogP contribution is -2.31. The smallest absolute Gasteiger partial charge is 0.243 e. The van der Waals surface area contributed by atoms with Gasteiger partial charge in [0.15, 0.2) is 0 Å². The molecule has 2 aromatic rings. The van der Waals surface area contributed by atoms with Crippen molar-refractivity contribution in [3.8, 4) is 0 Å². The predicted molar refractivity (Wildman–Crippen MR) is 87.9 cm³/mol. The molecule has 0 unspecified atom stereocenters. The van der Waals surface area contributed by atoms with Crippen LogP contribution in [0.15, 0.2) is 45.9 Å². The molecule has 1 aromatic heterocycles.